The highest BCUT2D eigenvalue weighted by molar-refractivity contribution is 6.31. The molecule has 0 unspecified atom stereocenters. The summed E-state index contributed by atoms with van der Waals surface area (Å²) in [6, 6.07) is 11.6. The van der Waals surface area contributed by atoms with E-state index in [0.29, 0.717) is 38.3 Å². The summed E-state index contributed by atoms with van der Waals surface area (Å²) in [5, 5.41) is 10.1. The van der Waals surface area contributed by atoms with Gasteiger partial charge in [0.2, 0.25) is 0 Å². The van der Waals surface area contributed by atoms with Crippen LogP contribution < -0.4 is 0 Å². The quantitative estimate of drug-likeness (QED) is 0.674. The Balaban J connectivity index is 2.45. The van der Waals surface area contributed by atoms with Crippen LogP contribution in [0.1, 0.15) is 11.3 Å². The number of aliphatic carboxylic acids is 1. The van der Waals surface area contributed by atoms with E-state index >= 15 is 0 Å². The van der Waals surface area contributed by atoms with Crippen molar-refractivity contribution in [2.75, 3.05) is 0 Å². The molecule has 0 aliphatic heterocycles. The van der Waals surface area contributed by atoms with E-state index in [2.05, 4.69) is 4.98 Å². The second-order valence-corrected chi connectivity index (χ2v) is 5.74. The third kappa shape index (κ3) is 3.01. The van der Waals surface area contributed by atoms with E-state index in [1.165, 1.54) is 12.1 Å². The molecular formula is C19H13ClFNO2. The molecule has 0 radical (unpaired) electrons. The van der Waals surface area contributed by atoms with Crippen molar-refractivity contribution < 1.29 is 14.3 Å². The van der Waals surface area contributed by atoms with Gasteiger partial charge in [0, 0.05) is 38.9 Å². The summed E-state index contributed by atoms with van der Waals surface area (Å²) >= 11 is 6.10. The lowest BCUT2D eigenvalue weighted by atomic mass is 9.93. The van der Waals surface area contributed by atoms with Crippen LogP contribution in [0.2, 0.25) is 5.02 Å². The first kappa shape index (κ1) is 16.1. The van der Waals surface area contributed by atoms with Crippen molar-refractivity contribution in [1.29, 1.82) is 0 Å². The number of fused-ring (bicyclic) bond motifs is 1. The highest BCUT2D eigenvalue weighted by atomic mass is 35.5. The number of carboxylic acid groups (broad SMARTS) is 1. The smallest absolute Gasteiger partial charge is 0.328 e. The summed E-state index contributed by atoms with van der Waals surface area (Å²) in [6.45, 7) is 1.76. The molecule has 0 spiro atoms. The van der Waals surface area contributed by atoms with E-state index in [-0.39, 0.29) is 0 Å². The molecular weight excluding hydrogens is 329 g/mol. The summed E-state index contributed by atoms with van der Waals surface area (Å²) in [5.74, 6) is -1.48. The third-order valence-corrected chi connectivity index (χ3v) is 3.95. The van der Waals surface area contributed by atoms with Crippen LogP contribution in [0.5, 0.6) is 0 Å². The second-order valence-electron chi connectivity index (χ2n) is 5.30. The predicted octanol–water partition coefficient (Wildman–Crippen LogP) is 5.10. The average molecular weight is 342 g/mol. The van der Waals surface area contributed by atoms with E-state index in [9.17, 15) is 9.18 Å². The second kappa shape index (κ2) is 6.42. The Morgan fingerprint density at radius 1 is 1.25 bits per heavy atom. The number of halogens is 2. The summed E-state index contributed by atoms with van der Waals surface area (Å²) in [7, 11) is 0. The minimum atomic E-state index is -1.08. The Hall–Kier alpha value is -2.72. The molecule has 3 rings (SSSR count). The minimum absolute atomic E-state index is 0.375. The van der Waals surface area contributed by atoms with Crippen molar-refractivity contribution in [2.45, 2.75) is 6.92 Å². The number of hydrogen-bond donors (Lipinski definition) is 1. The number of rotatable bonds is 3. The van der Waals surface area contributed by atoms with Gasteiger partial charge in [0.25, 0.3) is 0 Å². The monoisotopic (exact) mass is 341 g/mol. The topological polar surface area (TPSA) is 50.2 Å². The Morgan fingerprint density at radius 3 is 2.71 bits per heavy atom. The lowest BCUT2D eigenvalue weighted by Crippen LogP contribution is -1.97. The van der Waals surface area contributed by atoms with Crippen LogP contribution in [0.4, 0.5) is 4.39 Å². The van der Waals surface area contributed by atoms with Gasteiger partial charge in [-0.3, -0.25) is 4.98 Å². The molecule has 1 N–H and O–H groups in total. The van der Waals surface area contributed by atoms with E-state index in [1.807, 2.05) is 0 Å². The molecule has 0 amide bonds. The van der Waals surface area contributed by atoms with Crippen LogP contribution in [-0.4, -0.2) is 16.1 Å². The van der Waals surface area contributed by atoms with Crippen LogP contribution in [0.25, 0.3) is 28.1 Å². The molecule has 2 aromatic carbocycles. The molecule has 0 saturated carbocycles. The largest absolute Gasteiger partial charge is 0.478 e. The number of pyridine rings is 1. The first-order chi connectivity index (χ1) is 11.5. The molecule has 3 aromatic rings. The van der Waals surface area contributed by atoms with Crippen molar-refractivity contribution in [3.05, 3.63) is 70.6 Å². The summed E-state index contributed by atoms with van der Waals surface area (Å²) in [4.78, 5) is 15.4. The van der Waals surface area contributed by atoms with Gasteiger partial charge in [-0.1, -0.05) is 29.8 Å². The normalized spacial score (nSPS) is 11.3. The van der Waals surface area contributed by atoms with Crippen LogP contribution in [0.15, 0.2) is 48.5 Å². The zero-order valence-electron chi connectivity index (χ0n) is 12.8. The molecule has 0 aliphatic rings. The molecule has 0 bridgehead atoms. The van der Waals surface area contributed by atoms with Gasteiger partial charge in [-0.15, -0.1) is 0 Å². The van der Waals surface area contributed by atoms with Crippen LogP contribution in [-0.2, 0) is 4.79 Å². The average Bonchev–Trinajstić information content (AvgIpc) is 2.53. The van der Waals surface area contributed by atoms with Gasteiger partial charge in [0.1, 0.15) is 5.82 Å². The molecule has 24 heavy (non-hydrogen) atoms. The maximum atomic E-state index is 14.4. The van der Waals surface area contributed by atoms with Crippen LogP contribution in [0, 0.1) is 12.7 Å². The molecule has 0 atom stereocenters. The SMILES string of the molecule is Cc1nc2ccc(Cl)cc2c(-c2ccccc2F)c1/C=C/C(=O)O. The number of carboxylic acids is 1. The standard InChI is InChI=1S/C19H13ClFNO2/c1-11-13(7-9-18(23)24)19(14-4-2-3-5-16(14)21)15-10-12(20)6-8-17(15)22-11/h2-10H,1H3,(H,23,24)/b9-7+. The first-order valence-electron chi connectivity index (χ1n) is 7.23. The van der Waals surface area contributed by atoms with Crippen molar-refractivity contribution in [1.82, 2.24) is 4.98 Å². The molecule has 3 nitrogen and oxygen atoms in total. The fourth-order valence-corrected chi connectivity index (χ4v) is 2.86. The number of benzene rings is 2. The third-order valence-electron chi connectivity index (χ3n) is 3.71. The highest BCUT2D eigenvalue weighted by Gasteiger charge is 2.16. The van der Waals surface area contributed by atoms with E-state index < -0.39 is 11.8 Å². The summed E-state index contributed by atoms with van der Waals surface area (Å²) < 4.78 is 14.4. The first-order valence-corrected chi connectivity index (χ1v) is 7.61. The number of carbonyl (C=O) groups is 1. The van der Waals surface area contributed by atoms with Gasteiger partial charge in [-0.2, -0.15) is 0 Å². The maximum Gasteiger partial charge on any atom is 0.328 e. The van der Waals surface area contributed by atoms with Gasteiger partial charge < -0.3 is 5.11 Å². The van der Waals surface area contributed by atoms with Crippen molar-refractivity contribution in [2.24, 2.45) is 0 Å². The lowest BCUT2D eigenvalue weighted by molar-refractivity contribution is -0.131. The zero-order chi connectivity index (χ0) is 17.3. The lowest BCUT2D eigenvalue weighted by Gasteiger charge is -2.14. The van der Waals surface area contributed by atoms with Crippen molar-refractivity contribution in [3.8, 4) is 11.1 Å². The summed E-state index contributed by atoms with van der Waals surface area (Å²) in [5.41, 5.74) is 2.79. The molecule has 5 heteroatoms. The van der Waals surface area contributed by atoms with Crippen LogP contribution >= 0.6 is 11.6 Å². The number of aryl methyl sites for hydroxylation is 1. The van der Waals surface area contributed by atoms with E-state index in [0.717, 1.165) is 6.08 Å². The van der Waals surface area contributed by atoms with E-state index in [1.54, 1.807) is 43.3 Å². The van der Waals surface area contributed by atoms with Gasteiger partial charge >= 0.3 is 5.97 Å². The number of hydrogen-bond acceptors (Lipinski definition) is 2. The molecule has 120 valence electrons. The number of aromatic nitrogens is 1. The molecule has 1 aromatic heterocycles. The Kier molecular flexibility index (Phi) is 4.32. The van der Waals surface area contributed by atoms with Gasteiger partial charge in [-0.05, 0) is 37.3 Å². The molecule has 0 fully saturated rings. The van der Waals surface area contributed by atoms with Gasteiger partial charge in [0.15, 0.2) is 0 Å². The molecule has 0 aliphatic carbocycles. The van der Waals surface area contributed by atoms with Crippen LogP contribution in [0.3, 0.4) is 0 Å². The number of nitrogens with zero attached hydrogens (tertiary/aromatic N) is 1. The predicted molar refractivity (Wildman–Crippen MR) is 93.6 cm³/mol. The van der Waals surface area contributed by atoms with Crippen molar-refractivity contribution in [3.63, 3.8) is 0 Å². The highest BCUT2D eigenvalue weighted by Crippen LogP contribution is 2.36. The molecule has 1 heterocycles. The van der Waals surface area contributed by atoms with Crippen molar-refractivity contribution >= 4 is 34.5 Å². The maximum absolute atomic E-state index is 14.4. The zero-order valence-corrected chi connectivity index (χ0v) is 13.5. The van der Waals surface area contributed by atoms with E-state index in [4.69, 9.17) is 16.7 Å². The Morgan fingerprint density at radius 2 is 2.00 bits per heavy atom. The minimum Gasteiger partial charge on any atom is -0.478 e. The summed E-state index contributed by atoms with van der Waals surface area (Å²) in [6.07, 6.45) is 2.46. The fraction of sp³-hybridized carbons (Fsp3) is 0.0526. The Bertz CT molecular complexity index is 983. The Labute approximate surface area is 143 Å². The van der Waals surface area contributed by atoms with Gasteiger partial charge in [0.05, 0.1) is 5.52 Å². The molecule has 0 saturated heterocycles. The fourth-order valence-electron chi connectivity index (χ4n) is 2.69. The van der Waals surface area contributed by atoms with Gasteiger partial charge in [-0.25, -0.2) is 9.18 Å².